The number of rotatable bonds is 10. The monoisotopic (exact) mass is 453 g/mol. The van der Waals surface area contributed by atoms with Gasteiger partial charge in [0.1, 0.15) is 12.4 Å². The van der Waals surface area contributed by atoms with E-state index in [0.717, 1.165) is 41.7 Å². The maximum Gasteiger partial charge on any atom is 0.417 e. The van der Waals surface area contributed by atoms with E-state index < -0.39 is 17.3 Å². The summed E-state index contributed by atoms with van der Waals surface area (Å²) < 4.78 is 44.8. The summed E-state index contributed by atoms with van der Waals surface area (Å²) in [6.45, 7) is 2.30. The molecule has 2 aromatic carbocycles. The topological polar surface area (TPSA) is 58.8 Å². The standard InChI is InChI=1S/C26H26F3N3O/c1-2-3-4-5-6-7-20-16-31-25(32-17-20)21-10-8-19(9-11-21)18-33-23-13-12-22(15-30)24(14-23)26(27,28)29/h8-14,16-17H,2-7,18H2,1H3. The van der Waals surface area contributed by atoms with E-state index in [0.29, 0.717) is 5.82 Å². The van der Waals surface area contributed by atoms with Crippen molar-refractivity contribution in [3.05, 3.63) is 77.1 Å². The molecule has 0 bridgehead atoms. The zero-order valence-corrected chi connectivity index (χ0v) is 18.5. The van der Waals surface area contributed by atoms with Gasteiger partial charge in [0.05, 0.1) is 17.2 Å². The fourth-order valence-electron chi connectivity index (χ4n) is 3.43. The van der Waals surface area contributed by atoms with Crippen LogP contribution < -0.4 is 4.74 Å². The predicted octanol–water partition coefficient (Wildman–Crippen LogP) is 7.13. The van der Waals surface area contributed by atoms with Crippen molar-refractivity contribution in [2.45, 2.75) is 58.2 Å². The summed E-state index contributed by atoms with van der Waals surface area (Å²) in [5.41, 5.74) is 1.34. The van der Waals surface area contributed by atoms with Gasteiger partial charge < -0.3 is 4.74 Å². The first-order chi connectivity index (χ1) is 15.9. The third-order valence-corrected chi connectivity index (χ3v) is 5.31. The molecule has 0 aliphatic rings. The molecule has 7 heteroatoms. The Hall–Kier alpha value is -3.40. The molecule has 0 aliphatic carbocycles. The Labute approximate surface area is 192 Å². The van der Waals surface area contributed by atoms with Gasteiger partial charge in [-0.15, -0.1) is 0 Å². The maximum atomic E-state index is 13.1. The Bertz CT molecular complexity index is 1070. The number of aryl methyl sites for hydroxylation is 1. The number of hydrogen-bond donors (Lipinski definition) is 0. The van der Waals surface area contributed by atoms with Gasteiger partial charge in [0.25, 0.3) is 0 Å². The Morgan fingerprint density at radius 1 is 0.909 bits per heavy atom. The van der Waals surface area contributed by atoms with Crippen LogP contribution in [-0.4, -0.2) is 9.97 Å². The van der Waals surface area contributed by atoms with Crippen molar-refractivity contribution in [3.63, 3.8) is 0 Å². The minimum atomic E-state index is -4.61. The van der Waals surface area contributed by atoms with Gasteiger partial charge in [0.2, 0.25) is 0 Å². The van der Waals surface area contributed by atoms with Crippen molar-refractivity contribution < 1.29 is 17.9 Å². The van der Waals surface area contributed by atoms with Crippen LogP contribution in [-0.2, 0) is 19.2 Å². The van der Waals surface area contributed by atoms with Gasteiger partial charge >= 0.3 is 6.18 Å². The van der Waals surface area contributed by atoms with Crippen molar-refractivity contribution in [1.29, 1.82) is 5.26 Å². The molecule has 0 saturated carbocycles. The number of alkyl halides is 3. The fourth-order valence-corrected chi connectivity index (χ4v) is 3.43. The molecule has 0 amide bonds. The van der Waals surface area contributed by atoms with E-state index in [1.54, 1.807) is 6.07 Å². The lowest BCUT2D eigenvalue weighted by atomic mass is 10.1. The van der Waals surface area contributed by atoms with E-state index in [2.05, 4.69) is 16.9 Å². The van der Waals surface area contributed by atoms with Crippen LogP contribution in [0.1, 0.15) is 61.3 Å². The van der Waals surface area contributed by atoms with E-state index in [4.69, 9.17) is 10.00 Å². The van der Waals surface area contributed by atoms with Gasteiger partial charge in [-0.05, 0) is 42.2 Å². The molecule has 0 saturated heterocycles. The molecule has 0 aliphatic heterocycles. The molecule has 0 spiro atoms. The molecular weight excluding hydrogens is 427 g/mol. The first-order valence-electron chi connectivity index (χ1n) is 11.0. The number of nitrogens with zero attached hydrogens (tertiary/aromatic N) is 3. The summed E-state index contributed by atoms with van der Waals surface area (Å²) in [7, 11) is 0. The number of hydrogen-bond acceptors (Lipinski definition) is 4. The Morgan fingerprint density at radius 2 is 1.61 bits per heavy atom. The zero-order valence-electron chi connectivity index (χ0n) is 18.5. The molecule has 3 aromatic rings. The smallest absolute Gasteiger partial charge is 0.417 e. The van der Waals surface area contributed by atoms with E-state index in [1.165, 1.54) is 31.7 Å². The highest BCUT2D eigenvalue weighted by atomic mass is 19.4. The summed E-state index contributed by atoms with van der Waals surface area (Å²) in [4.78, 5) is 8.92. The number of aromatic nitrogens is 2. The van der Waals surface area contributed by atoms with E-state index >= 15 is 0 Å². The number of benzene rings is 2. The lowest BCUT2D eigenvalue weighted by molar-refractivity contribution is -0.137. The summed E-state index contributed by atoms with van der Waals surface area (Å²) in [5, 5.41) is 8.88. The van der Waals surface area contributed by atoms with Crippen LogP contribution in [0, 0.1) is 11.3 Å². The number of nitriles is 1. The van der Waals surface area contributed by atoms with Crippen LogP contribution in [0.15, 0.2) is 54.9 Å². The molecule has 0 fully saturated rings. The lowest BCUT2D eigenvalue weighted by Gasteiger charge is -2.12. The molecule has 1 aromatic heterocycles. The van der Waals surface area contributed by atoms with Crippen molar-refractivity contribution in [2.75, 3.05) is 0 Å². The lowest BCUT2D eigenvalue weighted by Crippen LogP contribution is -2.08. The SMILES string of the molecule is CCCCCCCc1cnc(-c2ccc(COc3ccc(C#N)c(C(F)(F)F)c3)cc2)nc1. The fraction of sp³-hybridized carbons (Fsp3) is 0.346. The number of halogens is 3. The average Bonchev–Trinajstić information content (AvgIpc) is 2.82. The van der Waals surface area contributed by atoms with Crippen molar-refractivity contribution in [2.24, 2.45) is 0 Å². The highest BCUT2D eigenvalue weighted by molar-refractivity contribution is 5.55. The minimum absolute atomic E-state index is 0.0546. The molecular formula is C26H26F3N3O. The quantitative estimate of drug-likeness (QED) is 0.307. The highest BCUT2D eigenvalue weighted by Crippen LogP contribution is 2.34. The predicted molar refractivity (Wildman–Crippen MR) is 120 cm³/mol. The van der Waals surface area contributed by atoms with Gasteiger partial charge in [-0.1, -0.05) is 56.9 Å². The van der Waals surface area contributed by atoms with Crippen molar-refractivity contribution in [1.82, 2.24) is 9.97 Å². The van der Waals surface area contributed by atoms with Crippen LogP contribution in [0.5, 0.6) is 5.75 Å². The number of unbranched alkanes of at least 4 members (excludes halogenated alkanes) is 4. The van der Waals surface area contributed by atoms with Gasteiger partial charge in [-0.3, -0.25) is 0 Å². The molecule has 0 radical (unpaired) electrons. The summed E-state index contributed by atoms with van der Waals surface area (Å²) in [6, 6.07) is 12.3. The summed E-state index contributed by atoms with van der Waals surface area (Å²) in [5.74, 6) is 0.679. The van der Waals surface area contributed by atoms with E-state index in [-0.39, 0.29) is 12.4 Å². The molecule has 1 heterocycles. The minimum Gasteiger partial charge on any atom is -0.489 e. The van der Waals surface area contributed by atoms with Gasteiger partial charge in [-0.2, -0.15) is 18.4 Å². The van der Waals surface area contributed by atoms with Gasteiger partial charge in [0, 0.05) is 18.0 Å². The normalized spacial score (nSPS) is 11.2. The van der Waals surface area contributed by atoms with Crippen LogP contribution >= 0.6 is 0 Å². The van der Waals surface area contributed by atoms with Crippen LogP contribution in [0.3, 0.4) is 0 Å². The zero-order chi connectivity index (χ0) is 23.7. The Kier molecular flexibility index (Phi) is 8.42. The Balaban J connectivity index is 1.57. The third-order valence-electron chi connectivity index (χ3n) is 5.31. The van der Waals surface area contributed by atoms with Crippen LogP contribution in [0.4, 0.5) is 13.2 Å². The molecule has 0 atom stereocenters. The van der Waals surface area contributed by atoms with Crippen LogP contribution in [0.25, 0.3) is 11.4 Å². The highest BCUT2D eigenvalue weighted by Gasteiger charge is 2.34. The second-order valence-corrected chi connectivity index (χ2v) is 7.88. The van der Waals surface area contributed by atoms with E-state index in [9.17, 15) is 13.2 Å². The van der Waals surface area contributed by atoms with Crippen LogP contribution in [0.2, 0.25) is 0 Å². The maximum absolute atomic E-state index is 13.1. The largest absolute Gasteiger partial charge is 0.489 e. The third kappa shape index (κ3) is 7.04. The first-order valence-corrected chi connectivity index (χ1v) is 11.0. The Morgan fingerprint density at radius 3 is 2.24 bits per heavy atom. The summed E-state index contributed by atoms with van der Waals surface area (Å²) >= 11 is 0. The van der Waals surface area contributed by atoms with Crippen molar-refractivity contribution in [3.8, 4) is 23.2 Å². The summed E-state index contributed by atoms with van der Waals surface area (Å²) in [6.07, 6.45) is 6.23. The molecule has 0 N–H and O–H groups in total. The van der Waals surface area contributed by atoms with Gasteiger partial charge in [0.15, 0.2) is 5.82 Å². The second kappa shape index (κ2) is 11.5. The van der Waals surface area contributed by atoms with Gasteiger partial charge in [-0.25, -0.2) is 9.97 Å². The number of ether oxygens (including phenoxy) is 1. The molecule has 33 heavy (non-hydrogen) atoms. The first kappa shape index (κ1) is 24.2. The average molecular weight is 454 g/mol. The molecule has 4 nitrogen and oxygen atoms in total. The molecule has 3 rings (SSSR count). The molecule has 0 unspecified atom stereocenters. The molecule has 172 valence electrons. The van der Waals surface area contributed by atoms with E-state index in [1.807, 2.05) is 36.7 Å². The second-order valence-electron chi connectivity index (χ2n) is 7.88. The van der Waals surface area contributed by atoms with Crippen molar-refractivity contribution >= 4 is 0 Å².